The minimum absolute atomic E-state index is 0.681. The van der Waals surface area contributed by atoms with Crippen LogP contribution in [0.1, 0.15) is 43.0 Å². The van der Waals surface area contributed by atoms with E-state index in [1.807, 2.05) is 0 Å². The Morgan fingerprint density at radius 3 is 2.93 bits per heavy atom. The number of hydrogen-bond donors (Lipinski definition) is 1. The smallest absolute Gasteiger partial charge is 0.0625 e. The average molecular weight is 193 g/mol. The molecule has 1 aliphatic carbocycles. The molecule has 14 heavy (non-hydrogen) atoms. The third-order valence-electron chi connectivity index (χ3n) is 3.12. The Morgan fingerprint density at radius 2 is 2.36 bits per heavy atom. The van der Waals surface area contributed by atoms with Crippen LogP contribution in [0.15, 0.2) is 6.20 Å². The number of nitrogens with zero attached hydrogens (tertiary/aromatic N) is 2. The summed E-state index contributed by atoms with van der Waals surface area (Å²) in [6.45, 7) is 2.87. The van der Waals surface area contributed by atoms with E-state index < -0.39 is 0 Å². The minimum atomic E-state index is 0.681. The molecule has 1 heterocycles. The Morgan fingerprint density at radius 1 is 1.57 bits per heavy atom. The summed E-state index contributed by atoms with van der Waals surface area (Å²) in [6, 6.07) is 0.681. The second-order valence-corrected chi connectivity index (χ2v) is 4.20. The van der Waals surface area contributed by atoms with Gasteiger partial charge in [0.15, 0.2) is 0 Å². The number of aryl methyl sites for hydroxylation is 2. The molecule has 2 N–H and O–H groups in total. The Labute approximate surface area is 85.3 Å². The van der Waals surface area contributed by atoms with Gasteiger partial charge in [0, 0.05) is 6.20 Å². The summed E-state index contributed by atoms with van der Waals surface area (Å²) >= 11 is 0. The van der Waals surface area contributed by atoms with Crippen molar-refractivity contribution in [1.82, 2.24) is 9.78 Å². The van der Waals surface area contributed by atoms with Crippen molar-refractivity contribution >= 4 is 0 Å². The highest BCUT2D eigenvalue weighted by molar-refractivity contribution is 5.16. The van der Waals surface area contributed by atoms with Gasteiger partial charge in [-0.3, -0.25) is 4.68 Å². The van der Waals surface area contributed by atoms with Gasteiger partial charge < -0.3 is 5.73 Å². The fraction of sp³-hybridized carbons (Fsp3) is 0.727. The largest absolute Gasteiger partial charge is 0.330 e. The van der Waals surface area contributed by atoms with Gasteiger partial charge in [-0.05, 0) is 51.1 Å². The molecule has 0 aromatic carbocycles. The van der Waals surface area contributed by atoms with Crippen molar-refractivity contribution in [2.75, 3.05) is 6.54 Å². The monoisotopic (exact) mass is 193 g/mol. The zero-order valence-corrected chi connectivity index (χ0v) is 8.87. The summed E-state index contributed by atoms with van der Waals surface area (Å²) in [6.07, 6.45) is 8.33. The molecule has 0 saturated heterocycles. The first kappa shape index (κ1) is 9.71. The molecule has 0 aliphatic heterocycles. The predicted octanol–water partition coefficient (Wildman–Crippen LogP) is 1.81. The summed E-state index contributed by atoms with van der Waals surface area (Å²) in [7, 11) is 0. The second kappa shape index (κ2) is 4.13. The second-order valence-electron chi connectivity index (χ2n) is 4.20. The molecule has 0 spiro atoms. The van der Waals surface area contributed by atoms with Crippen LogP contribution in [0, 0.1) is 6.92 Å². The van der Waals surface area contributed by atoms with Crippen LogP contribution in [-0.2, 0) is 6.42 Å². The summed E-state index contributed by atoms with van der Waals surface area (Å²) in [5, 5.41) is 4.56. The molecule has 0 amide bonds. The van der Waals surface area contributed by atoms with Crippen molar-refractivity contribution in [3.63, 3.8) is 0 Å². The van der Waals surface area contributed by atoms with E-state index in [4.69, 9.17) is 5.73 Å². The van der Waals surface area contributed by atoms with Crippen LogP contribution in [0.3, 0.4) is 0 Å². The van der Waals surface area contributed by atoms with Gasteiger partial charge >= 0.3 is 0 Å². The van der Waals surface area contributed by atoms with E-state index in [0.717, 1.165) is 19.4 Å². The quantitative estimate of drug-likeness (QED) is 0.792. The molecule has 3 nitrogen and oxygen atoms in total. The fourth-order valence-corrected chi connectivity index (χ4v) is 1.90. The fourth-order valence-electron chi connectivity index (χ4n) is 1.90. The molecule has 78 valence electrons. The molecule has 2 rings (SSSR count). The Bertz CT molecular complexity index is 299. The van der Waals surface area contributed by atoms with Gasteiger partial charge in [0.2, 0.25) is 0 Å². The lowest BCUT2D eigenvalue weighted by molar-refractivity contribution is 0.288. The normalized spacial score (nSPS) is 17.0. The molecule has 0 unspecified atom stereocenters. The molecule has 1 aromatic rings. The zero-order valence-electron chi connectivity index (χ0n) is 8.87. The zero-order chi connectivity index (χ0) is 9.97. The lowest BCUT2D eigenvalue weighted by Gasteiger charge is -2.25. The van der Waals surface area contributed by atoms with Gasteiger partial charge in [0.05, 0.1) is 11.7 Å². The highest BCUT2D eigenvalue weighted by Gasteiger charge is 2.20. The van der Waals surface area contributed by atoms with Crippen LogP contribution in [-0.4, -0.2) is 16.3 Å². The van der Waals surface area contributed by atoms with Crippen molar-refractivity contribution in [3.05, 3.63) is 17.5 Å². The third-order valence-corrected chi connectivity index (χ3v) is 3.12. The molecular formula is C11H19N3. The van der Waals surface area contributed by atoms with E-state index in [-0.39, 0.29) is 0 Å². The van der Waals surface area contributed by atoms with Crippen LogP contribution in [0.4, 0.5) is 0 Å². The van der Waals surface area contributed by atoms with Gasteiger partial charge in [-0.1, -0.05) is 0 Å². The summed E-state index contributed by atoms with van der Waals surface area (Å²) < 4.78 is 2.16. The molecule has 3 heteroatoms. The Hall–Kier alpha value is -0.830. The number of hydrogen-bond acceptors (Lipinski definition) is 2. The molecule has 0 atom stereocenters. The molecule has 0 radical (unpaired) electrons. The standard InChI is InChI=1S/C11H19N3/c1-9-10(4-3-7-12)8-14(13-9)11-5-2-6-11/h8,11H,2-7,12H2,1H3. The van der Waals surface area contributed by atoms with Crippen LogP contribution in [0.5, 0.6) is 0 Å². The highest BCUT2D eigenvalue weighted by atomic mass is 15.3. The first-order valence-electron chi connectivity index (χ1n) is 5.56. The minimum Gasteiger partial charge on any atom is -0.330 e. The summed E-state index contributed by atoms with van der Waals surface area (Å²) in [4.78, 5) is 0. The molecule has 1 aromatic heterocycles. The highest BCUT2D eigenvalue weighted by Crippen LogP contribution is 2.31. The molecule has 1 fully saturated rings. The van der Waals surface area contributed by atoms with Gasteiger partial charge in [0.1, 0.15) is 0 Å². The van der Waals surface area contributed by atoms with E-state index in [1.165, 1.54) is 30.5 Å². The maximum atomic E-state index is 5.50. The average Bonchev–Trinajstić information content (AvgIpc) is 2.40. The first-order chi connectivity index (χ1) is 6.81. The van der Waals surface area contributed by atoms with Crippen molar-refractivity contribution in [3.8, 4) is 0 Å². The lowest BCUT2D eigenvalue weighted by atomic mass is 9.93. The van der Waals surface area contributed by atoms with Crippen molar-refractivity contribution in [2.24, 2.45) is 5.73 Å². The topological polar surface area (TPSA) is 43.8 Å². The summed E-state index contributed by atoms with van der Waals surface area (Å²) in [5.74, 6) is 0. The lowest BCUT2D eigenvalue weighted by Crippen LogP contribution is -2.17. The molecule has 1 saturated carbocycles. The Kier molecular flexibility index (Phi) is 2.87. The van der Waals surface area contributed by atoms with Crippen LogP contribution in [0.2, 0.25) is 0 Å². The van der Waals surface area contributed by atoms with Crippen LogP contribution in [0.25, 0.3) is 0 Å². The summed E-state index contributed by atoms with van der Waals surface area (Å²) in [5.41, 5.74) is 8.07. The van der Waals surface area contributed by atoms with Crippen LogP contribution < -0.4 is 5.73 Å². The maximum absolute atomic E-state index is 5.50. The SMILES string of the molecule is Cc1nn(C2CCC2)cc1CCCN. The molecule has 1 aliphatic rings. The molecular weight excluding hydrogens is 174 g/mol. The van der Waals surface area contributed by atoms with E-state index >= 15 is 0 Å². The first-order valence-corrected chi connectivity index (χ1v) is 5.56. The van der Waals surface area contributed by atoms with Gasteiger partial charge in [-0.2, -0.15) is 5.10 Å². The van der Waals surface area contributed by atoms with E-state index in [9.17, 15) is 0 Å². The molecule has 0 bridgehead atoms. The van der Waals surface area contributed by atoms with Crippen molar-refractivity contribution in [1.29, 1.82) is 0 Å². The maximum Gasteiger partial charge on any atom is 0.0625 e. The number of aromatic nitrogens is 2. The van der Waals surface area contributed by atoms with Gasteiger partial charge in [-0.25, -0.2) is 0 Å². The third kappa shape index (κ3) is 1.82. The predicted molar refractivity (Wildman–Crippen MR) is 57.2 cm³/mol. The Balaban J connectivity index is 2.04. The number of nitrogens with two attached hydrogens (primary N) is 1. The van der Waals surface area contributed by atoms with Gasteiger partial charge in [-0.15, -0.1) is 0 Å². The van der Waals surface area contributed by atoms with E-state index in [0.29, 0.717) is 6.04 Å². The van der Waals surface area contributed by atoms with Crippen LogP contribution >= 0.6 is 0 Å². The van der Waals surface area contributed by atoms with E-state index in [1.54, 1.807) is 0 Å². The van der Waals surface area contributed by atoms with Crippen molar-refractivity contribution in [2.45, 2.75) is 45.1 Å². The van der Waals surface area contributed by atoms with E-state index in [2.05, 4.69) is 22.9 Å². The number of rotatable bonds is 4. The van der Waals surface area contributed by atoms with Gasteiger partial charge in [0.25, 0.3) is 0 Å². The van der Waals surface area contributed by atoms with Crippen molar-refractivity contribution < 1.29 is 0 Å².